The molecule has 0 unspecified atom stereocenters. The molecule has 1 aliphatic rings. The Morgan fingerprint density at radius 2 is 2.11 bits per heavy atom. The van der Waals surface area contributed by atoms with Crippen molar-refractivity contribution in [1.82, 2.24) is 4.98 Å². The fraction of sp³-hybridized carbons (Fsp3) is 0.636. The predicted octanol–water partition coefficient (Wildman–Crippen LogP) is 3.08. The van der Waals surface area contributed by atoms with E-state index in [-0.39, 0.29) is 12.4 Å². The fourth-order valence-corrected chi connectivity index (χ4v) is 2.78. The lowest BCUT2D eigenvalue weighted by Gasteiger charge is -2.14. The summed E-state index contributed by atoms with van der Waals surface area (Å²) < 4.78 is 53.5. The molecule has 0 aromatic carbocycles. The molecular formula is C11H11F4NO2S. The molecule has 0 saturated heterocycles. The third-order valence-corrected chi connectivity index (χ3v) is 3.74. The molecule has 106 valence electrons. The smallest absolute Gasteiger partial charge is 0.330 e. The maximum atomic E-state index is 12.6. The van der Waals surface area contributed by atoms with Gasteiger partial charge in [0.05, 0.1) is 6.61 Å². The number of hydrogen-bond donors (Lipinski definition) is 0. The number of halogens is 4. The average Bonchev–Trinajstić information content (AvgIpc) is 2.73. The van der Waals surface area contributed by atoms with Gasteiger partial charge in [0.15, 0.2) is 5.78 Å². The second-order valence-electron chi connectivity index (χ2n) is 4.21. The van der Waals surface area contributed by atoms with Gasteiger partial charge in [-0.15, -0.1) is 11.3 Å². The minimum absolute atomic E-state index is 0.0679. The first-order valence-corrected chi connectivity index (χ1v) is 6.47. The first-order chi connectivity index (χ1) is 8.90. The van der Waals surface area contributed by atoms with Crippen molar-refractivity contribution in [2.75, 3.05) is 6.61 Å². The van der Waals surface area contributed by atoms with Crippen LogP contribution in [0.15, 0.2) is 0 Å². The summed E-state index contributed by atoms with van der Waals surface area (Å²) in [6.45, 7) is -1.64. The van der Waals surface area contributed by atoms with Crippen LogP contribution >= 0.6 is 11.3 Å². The number of ether oxygens (including phenoxy) is 1. The van der Waals surface area contributed by atoms with E-state index in [4.69, 9.17) is 0 Å². The Labute approximate surface area is 110 Å². The Morgan fingerprint density at radius 1 is 1.37 bits per heavy atom. The van der Waals surface area contributed by atoms with Gasteiger partial charge >= 0.3 is 12.3 Å². The molecule has 2 rings (SSSR count). The van der Waals surface area contributed by atoms with Crippen molar-refractivity contribution >= 4 is 17.1 Å². The third kappa shape index (κ3) is 3.30. The van der Waals surface area contributed by atoms with Crippen molar-refractivity contribution in [2.45, 2.75) is 38.2 Å². The average molecular weight is 297 g/mol. The maximum absolute atomic E-state index is 12.6. The number of ketones is 1. The highest BCUT2D eigenvalue weighted by Gasteiger charge is 2.41. The standard InChI is InChI=1S/C11H11F4NO2S/c12-10(13)11(14,15)5-18-4-8-16-9-6(17)2-1-3-7(9)19-8/h10H,1-5H2. The molecule has 0 fully saturated rings. The highest BCUT2D eigenvalue weighted by molar-refractivity contribution is 7.11. The molecular weight excluding hydrogens is 286 g/mol. The number of aryl methyl sites for hydroxylation is 1. The largest absolute Gasteiger partial charge is 0.368 e. The normalized spacial score (nSPS) is 15.9. The molecule has 0 aliphatic heterocycles. The number of rotatable bonds is 5. The van der Waals surface area contributed by atoms with Gasteiger partial charge in [-0.3, -0.25) is 4.79 Å². The summed E-state index contributed by atoms with van der Waals surface area (Å²) in [6.07, 6.45) is -1.84. The quantitative estimate of drug-likeness (QED) is 0.784. The van der Waals surface area contributed by atoms with Crippen LogP contribution in [0.2, 0.25) is 0 Å². The van der Waals surface area contributed by atoms with Crippen LogP contribution in [0.4, 0.5) is 17.6 Å². The lowest BCUT2D eigenvalue weighted by Crippen LogP contribution is -2.32. The lowest BCUT2D eigenvalue weighted by atomic mass is 10.0. The number of thiazole rings is 1. The summed E-state index contributed by atoms with van der Waals surface area (Å²) in [4.78, 5) is 16.3. The lowest BCUT2D eigenvalue weighted by molar-refractivity contribution is -0.168. The van der Waals surface area contributed by atoms with E-state index < -0.39 is 19.0 Å². The van der Waals surface area contributed by atoms with E-state index in [2.05, 4.69) is 9.72 Å². The Bertz CT molecular complexity index is 475. The predicted molar refractivity (Wildman–Crippen MR) is 60.0 cm³/mol. The number of Topliss-reactive ketones (excluding diaryl/α,β-unsaturated/α-hetero) is 1. The monoisotopic (exact) mass is 297 g/mol. The fourth-order valence-electron chi connectivity index (χ4n) is 1.71. The summed E-state index contributed by atoms with van der Waals surface area (Å²) in [7, 11) is 0. The van der Waals surface area contributed by atoms with Crippen LogP contribution in [-0.4, -0.2) is 29.7 Å². The number of carbonyl (C=O) groups is 1. The van der Waals surface area contributed by atoms with Crippen LogP contribution in [0.5, 0.6) is 0 Å². The van der Waals surface area contributed by atoms with Gasteiger partial charge in [-0.1, -0.05) is 0 Å². The molecule has 1 aliphatic carbocycles. The van der Waals surface area contributed by atoms with Crippen molar-refractivity contribution < 1.29 is 27.1 Å². The molecule has 3 nitrogen and oxygen atoms in total. The van der Waals surface area contributed by atoms with Crippen molar-refractivity contribution in [2.24, 2.45) is 0 Å². The highest BCUT2D eigenvalue weighted by atomic mass is 32.1. The molecule has 1 aromatic heterocycles. The van der Waals surface area contributed by atoms with Gasteiger partial charge in [0.25, 0.3) is 0 Å². The van der Waals surface area contributed by atoms with Gasteiger partial charge in [-0.05, 0) is 12.8 Å². The molecule has 1 heterocycles. The van der Waals surface area contributed by atoms with Crippen molar-refractivity contribution in [3.8, 4) is 0 Å². The number of alkyl halides is 4. The van der Waals surface area contributed by atoms with E-state index in [0.29, 0.717) is 17.1 Å². The molecule has 0 saturated carbocycles. The summed E-state index contributed by atoms with van der Waals surface area (Å²) in [5.41, 5.74) is 0.371. The van der Waals surface area contributed by atoms with Crippen LogP contribution in [0.3, 0.4) is 0 Å². The van der Waals surface area contributed by atoms with Gasteiger partial charge in [0, 0.05) is 11.3 Å². The van der Waals surface area contributed by atoms with Crippen LogP contribution < -0.4 is 0 Å². The Balaban J connectivity index is 1.92. The minimum atomic E-state index is -4.16. The maximum Gasteiger partial charge on any atom is 0.330 e. The Kier molecular flexibility index (Phi) is 4.19. The number of hydrogen-bond acceptors (Lipinski definition) is 4. The van der Waals surface area contributed by atoms with Crippen molar-refractivity contribution in [1.29, 1.82) is 0 Å². The Hall–Kier alpha value is -1.02. The third-order valence-electron chi connectivity index (χ3n) is 2.65. The van der Waals surface area contributed by atoms with Crippen molar-refractivity contribution in [3.05, 3.63) is 15.6 Å². The number of carbonyl (C=O) groups excluding carboxylic acids is 1. The van der Waals surface area contributed by atoms with E-state index in [1.807, 2.05) is 0 Å². The molecule has 0 radical (unpaired) electrons. The highest BCUT2D eigenvalue weighted by Crippen LogP contribution is 2.28. The summed E-state index contributed by atoms with van der Waals surface area (Å²) in [6, 6.07) is 0. The zero-order valence-corrected chi connectivity index (χ0v) is 10.6. The molecule has 0 amide bonds. The van der Waals surface area contributed by atoms with Gasteiger partial charge in [0.2, 0.25) is 0 Å². The molecule has 0 bridgehead atoms. The van der Waals surface area contributed by atoms with E-state index in [1.165, 1.54) is 11.3 Å². The van der Waals surface area contributed by atoms with E-state index in [0.717, 1.165) is 17.7 Å². The van der Waals surface area contributed by atoms with Crippen LogP contribution in [-0.2, 0) is 17.8 Å². The molecule has 1 aromatic rings. The van der Waals surface area contributed by atoms with E-state index in [9.17, 15) is 22.4 Å². The van der Waals surface area contributed by atoms with Crippen LogP contribution in [0.1, 0.15) is 33.2 Å². The van der Waals surface area contributed by atoms with Gasteiger partial charge in [-0.25, -0.2) is 13.8 Å². The number of nitrogens with zero attached hydrogens (tertiary/aromatic N) is 1. The van der Waals surface area contributed by atoms with Crippen molar-refractivity contribution in [3.63, 3.8) is 0 Å². The number of aromatic nitrogens is 1. The van der Waals surface area contributed by atoms with Gasteiger partial charge in [0.1, 0.15) is 17.3 Å². The zero-order valence-electron chi connectivity index (χ0n) is 9.80. The molecule has 8 heteroatoms. The second-order valence-corrected chi connectivity index (χ2v) is 5.38. The minimum Gasteiger partial charge on any atom is -0.368 e. The van der Waals surface area contributed by atoms with Gasteiger partial charge < -0.3 is 4.74 Å². The van der Waals surface area contributed by atoms with E-state index >= 15 is 0 Å². The van der Waals surface area contributed by atoms with Crippen LogP contribution in [0.25, 0.3) is 0 Å². The summed E-state index contributed by atoms with van der Waals surface area (Å²) in [5.74, 6) is -4.23. The van der Waals surface area contributed by atoms with Crippen LogP contribution in [0, 0.1) is 0 Å². The first kappa shape index (κ1) is 14.4. The van der Waals surface area contributed by atoms with E-state index in [1.54, 1.807) is 0 Å². The summed E-state index contributed by atoms with van der Waals surface area (Å²) >= 11 is 1.21. The number of fused-ring (bicyclic) bond motifs is 1. The SMILES string of the molecule is O=C1CCCc2sc(COCC(F)(F)C(F)F)nc21. The molecule has 0 spiro atoms. The summed E-state index contributed by atoms with van der Waals surface area (Å²) in [5, 5.41) is 0.366. The molecule has 0 N–H and O–H groups in total. The zero-order chi connectivity index (χ0) is 14.0. The first-order valence-electron chi connectivity index (χ1n) is 5.65. The molecule has 0 atom stereocenters. The molecule has 19 heavy (non-hydrogen) atoms. The topological polar surface area (TPSA) is 39.2 Å². The van der Waals surface area contributed by atoms with Gasteiger partial charge in [-0.2, -0.15) is 8.78 Å². The Morgan fingerprint density at radius 3 is 2.74 bits per heavy atom. The second kappa shape index (κ2) is 5.54.